The van der Waals surface area contributed by atoms with Crippen LogP contribution < -0.4 is 0 Å². The third kappa shape index (κ3) is 3.02. The summed E-state index contributed by atoms with van der Waals surface area (Å²) in [5.74, 6) is -0.364. The van der Waals surface area contributed by atoms with E-state index in [-0.39, 0.29) is 17.8 Å². The smallest absolute Gasteiger partial charge is 0.254 e. The number of piperazine rings is 1. The zero-order chi connectivity index (χ0) is 15.5. The zero-order valence-corrected chi connectivity index (χ0v) is 12.6. The number of nitrogens with zero attached hydrogens (tertiary/aromatic N) is 2. The monoisotopic (exact) mass is 298 g/mol. The van der Waals surface area contributed by atoms with Gasteiger partial charge in [0.1, 0.15) is 5.82 Å². The molecule has 1 saturated heterocycles. The van der Waals surface area contributed by atoms with Gasteiger partial charge in [-0.2, -0.15) is 0 Å². The van der Waals surface area contributed by atoms with Gasteiger partial charge in [0.25, 0.3) is 5.91 Å². The van der Waals surface area contributed by atoms with Crippen molar-refractivity contribution in [3.05, 3.63) is 71.5 Å². The van der Waals surface area contributed by atoms with Crippen molar-refractivity contribution in [1.29, 1.82) is 0 Å². The van der Waals surface area contributed by atoms with Gasteiger partial charge in [0.2, 0.25) is 0 Å². The van der Waals surface area contributed by atoms with Crippen LogP contribution in [0.4, 0.5) is 4.39 Å². The Morgan fingerprint density at radius 3 is 2.41 bits per heavy atom. The standard InChI is InChI=1S/C18H19FN2O/c1-20-11-12-21(17(13-20)14-5-3-2-4-6-14)18(22)15-7-9-16(19)10-8-15/h2-10,17H,11-13H2,1H3/t17-/m1/s1. The molecule has 4 heteroatoms. The molecule has 0 aliphatic carbocycles. The number of hydrogen-bond acceptors (Lipinski definition) is 2. The fourth-order valence-electron chi connectivity index (χ4n) is 2.88. The fourth-order valence-corrected chi connectivity index (χ4v) is 2.88. The van der Waals surface area contributed by atoms with E-state index in [1.807, 2.05) is 23.1 Å². The fraction of sp³-hybridized carbons (Fsp3) is 0.278. The van der Waals surface area contributed by atoms with Crippen LogP contribution in [0.2, 0.25) is 0 Å². The Morgan fingerprint density at radius 2 is 1.73 bits per heavy atom. The van der Waals surface area contributed by atoms with Crippen molar-refractivity contribution in [1.82, 2.24) is 9.80 Å². The minimum Gasteiger partial charge on any atom is -0.329 e. The van der Waals surface area contributed by atoms with Crippen LogP contribution in [0.25, 0.3) is 0 Å². The highest BCUT2D eigenvalue weighted by Crippen LogP contribution is 2.26. The third-order valence-electron chi connectivity index (χ3n) is 4.12. The average molecular weight is 298 g/mol. The van der Waals surface area contributed by atoms with Crippen LogP contribution in [0.3, 0.4) is 0 Å². The molecular formula is C18H19FN2O. The van der Waals surface area contributed by atoms with Crippen molar-refractivity contribution >= 4 is 5.91 Å². The van der Waals surface area contributed by atoms with Crippen molar-refractivity contribution in [2.75, 3.05) is 26.7 Å². The highest BCUT2D eigenvalue weighted by atomic mass is 19.1. The molecule has 0 aromatic heterocycles. The second-order valence-electron chi connectivity index (χ2n) is 5.69. The molecule has 0 spiro atoms. The Bertz CT molecular complexity index is 642. The summed E-state index contributed by atoms with van der Waals surface area (Å²) >= 11 is 0. The van der Waals surface area contributed by atoms with Gasteiger partial charge in [-0.15, -0.1) is 0 Å². The SMILES string of the molecule is CN1CCN(C(=O)c2ccc(F)cc2)[C@@H](c2ccccc2)C1. The van der Waals surface area contributed by atoms with Crippen LogP contribution in [-0.4, -0.2) is 42.4 Å². The Morgan fingerprint density at radius 1 is 1.05 bits per heavy atom. The lowest BCUT2D eigenvalue weighted by atomic mass is 10.0. The first-order chi connectivity index (χ1) is 10.6. The van der Waals surface area contributed by atoms with Crippen LogP contribution in [0.1, 0.15) is 22.0 Å². The minimum absolute atomic E-state index is 0.0255. The van der Waals surface area contributed by atoms with E-state index in [1.54, 1.807) is 12.1 Å². The highest BCUT2D eigenvalue weighted by molar-refractivity contribution is 5.94. The first-order valence-corrected chi connectivity index (χ1v) is 7.45. The highest BCUT2D eigenvalue weighted by Gasteiger charge is 2.30. The second-order valence-corrected chi connectivity index (χ2v) is 5.69. The topological polar surface area (TPSA) is 23.6 Å². The number of likely N-dealkylation sites (N-methyl/N-ethyl adjacent to an activating group) is 1. The number of benzene rings is 2. The third-order valence-corrected chi connectivity index (χ3v) is 4.12. The summed E-state index contributed by atoms with van der Waals surface area (Å²) in [6.07, 6.45) is 0. The van der Waals surface area contributed by atoms with Gasteiger partial charge in [-0.3, -0.25) is 4.79 Å². The largest absolute Gasteiger partial charge is 0.329 e. The molecule has 1 fully saturated rings. The Kier molecular flexibility index (Phi) is 4.20. The first kappa shape index (κ1) is 14.7. The first-order valence-electron chi connectivity index (χ1n) is 7.45. The Balaban J connectivity index is 1.89. The molecule has 0 radical (unpaired) electrons. The molecule has 2 aromatic rings. The van der Waals surface area contributed by atoms with Crippen LogP contribution in [-0.2, 0) is 0 Å². The van der Waals surface area contributed by atoms with Crippen molar-refractivity contribution in [2.45, 2.75) is 6.04 Å². The lowest BCUT2D eigenvalue weighted by Crippen LogP contribution is -2.49. The number of carbonyl (C=O) groups excluding carboxylic acids is 1. The van der Waals surface area contributed by atoms with Gasteiger partial charge < -0.3 is 9.80 Å². The number of carbonyl (C=O) groups is 1. The maximum Gasteiger partial charge on any atom is 0.254 e. The molecule has 1 aliphatic rings. The van der Waals surface area contributed by atoms with Gasteiger partial charge >= 0.3 is 0 Å². The van der Waals surface area contributed by atoms with E-state index >= 15 is 0 Å². The quantitative estimate of drug-likeness (QED) is 0.851. The molecule has 114 valence electrons. The number of hydrogen-bond donors (Lipinski definition) is 0. The van der Waals surface area contributed by atoms with Gasteiger partial charge in [-0.1, -0.05) is 30.3 Å². The van der Waals surface area contributed by atoms with Gasteiger partial charge in [-0.05, 0) is 36.9 Å². The van der Waals surface area contributed by atoms with E-state index in [0.717, 1.165) is 18.7 Å². The van der Waals surface area contributed by atoms with Crippen molar-refractivity contribution in [2.24, 2.45) is 0 Å². The predicted octanol–water partition coefficient (Wildman–Crippen LogP) is 2.95. The van der Waals surface area contributed by atoms with E-state index in [0.29, 0.717) is 12.1 Å². The van der Waals surface area contributed by atoms with Crippen LogP contribution in [0.15, 0.2) is 54.6 Å². The van der Waals surface area contributed by atoms with Crippen molar-refractivity contribution < 1.29 is 9.18 Å². The van der Waals surface area contributed by atoms with Gasteiger partial charge in [0.05, 0.1) is 6.04 Å². The molecule has 22 heavy (non-hydrogen) atoms. The van der Waals surface area contributed by atoms with Crippen LogP contribution in [0.5, 0.6) is 0 Å². The van der Waals surface area contributed by atoms with Gasteiger partial charge in [0, 0.05) is 25.2 Å². The normalized spacial score (nSPS) is 19.2. The molecule has 1 atom stereocenters. The lowest BCUT2D eigenvalue weighted by Gasteiger charge is -2.40. The molecule has 2 aromatic carbocycles. The molecule has 0 saturated carbocycles. The minimum atomic E-state index is -0.325. The number of rotatable bonds is 2. The average Bonchev–Trinajstić information content (AvgIpc) is 2.56. The summed E-state index contributed by atoms with van der Waals surface area (Å²) in [6.45, 7) is 2.32. The van der Waals surface area contributed by atoms with Crippen LogP contribution >= 0.6 is 0 Å². The molecule has 1 heterocycles. The van der Waals surface area contributed by atoms with E-state index in [1.165, 1.54) is 12.1 Å². The molecule has 1 amide bonds. The maximum atomic E-state index is 13.1. The van der Waals surface area contributed by atoms with E-state index in [9.17, 15) is 9.18 Å². The second kappa shape index (κ2) is 6.28. The number of amides is 1. The summed E-state index contributed by atoms with van der Waals surface area (Å²) in [4.78, 5) is 16.9. The van der Waals surface area contributed by atoms with Crippen molar-refractivity contribution in [3.63, 3.8) is 0 Å². The summed E-state index contributed by atoms with van der Waals surface area (Å²) in [5.41, 5.74) is 1.66. The van der Waals surface area contributed by atoms with E-state index in [4.69, 9.17) is 0 Å². The Labute approximate surface area is 130 Å². The molecule has 1 aliphatic heterocycles. The van der Waals surface area contributed by atoms with Crippen LogP contribution in [0, 0.1) is 5.82 Å². The molecule has 0 N–H and O–H groups in total. The zero-order valence-electron chi connectivity index (χ0n) is 12.6. The van der Waals surface area contributed by atoms with Gasteiger partial charge in [-0.25, -0.2) is 4.39 Å². The molecule has 3 nitrogen and oxygen atoms in total. The van der Waals surface area contributed by atoms with E-state index in [2.05, 4.69) is 24.1 Å². The lowest BCUT2D eigenvalue weighted by molar-refractivity contribution is 0.0498. The summed E-state index contributed by atoms with van der Waals surface area (Å²) in [5, 5.41) is 0. The molecule has 0 bridgehead atoms. The molecular weight excluding hydrogens is 279 g/mol. The van der Waals surface area contributed by atoms with Crippen molar-refractivity contribution in [3.8, 4) is 0 Å². The summed E-state index contributed by atoms with van der Waals surface area (Å²) in [6, 6.07) is 15.9. The Hall–Kier alpha value is -2.20. The molecule has 3 rings (SSSR count). The predicted molar refractivity (Wildman–Crippen MR) is 84.1 cm³/mol. The number of halogens is 1. The maximum absolute atomic E-state index is 13.1. The summed E-state index contributed by atoms with van der Waals surface area (Å²) < 4.78 is 13.1. The summed E-state index contributed by atoms with van der Waals surface area (Å²) in [7, 11) is 2.07. The molecule has 0 unspecified atom stereocenters. The van der Waals surface area contributed by atoms with E-state index < -0.39 is 0 Å². The van der Waals surface area contributed by atoms with Gasteiger partial charge in [0.15, 0.2) is 0 Å².